The molecule has 11 heteroatoms. The second kappa shape index (κ2) is 4.18. The fraction of sp³-hybridized carbons (Fsp3) is 1.00. The molecule has 0 aromatic carbocycles. The molecule has 0 aliphatic carbocycles. The quantitative estimate of drug-likeness (QED) is 0.714. The van der Waals surface area contributed by atoms with Crippen molar-refractivity contribution >= 4 is 0 Å². The SMILES string of the molecule is CC(F)OC(F)(F)C(F)(F)C(F)(F)C(F)(F)F. The normalized spacial score (nSPS) is 17.1. The van der Waals surface area contributed by atoms with Crippen molar-refractivity contribution in [3.05, 3.63) is 0 Å². The molecular formula is C6H4F10O. The summed E-state index contributed by atoms with van der Waals surface area (Å²) < 4.78 is 122. The number of alkyl halides is 10. The number of hydrogen-bond donors (Lipinski definition) is 0. The van der Waals surface area contributed by atoms with Gasteiger partial charge in [-0.2, -0.15) is 39.5 Å². The third-order valence-electron chi connectivity index (χ3n) is 1.43. The highest BCUT2D eigenvalue weighted by Crippen LogP contribution is 2.53. The average molecular weight is 282 g/mol. The molecule has 0 aliphatic rings. The molecule has 0 spiro atoms. The van der Waals surface area contributed by atoms with Crippen LogP contribution in [0.15, 0.2) is 0 Å². The Morgan fingerprint density at radius 1 is 0.765 bits per heavy atom. The van der Waals surface area contributed by atoms with Crippen molar-refractivity contribution in [3.63, 3.8) is 0 Å². The summed E-state index contributed by atoms with van der Waals surface area (Å²) in [5.41, 5.74) is 0. The molecule has 0 rings (SSSR count). The zero-order valence-corrected chi connectivity index (χ0v) is 7.77. The minimum absolute atomic E-state index is 0.107. The van der Waals surface area contributed by atoms with Gasteiger partial charge >= 0.3 is 24.1 Å². The lowest BCUT2D eigenvalue weighted by Crippen LogP contribution is -2.62. The van der Waals surface area contributed by atoms with Crippen LogP contribution in [-0.2, 0) is 4.74 Å². The molecule has 0 aromatic rings. The van der Waals surface area contributed by atoms with Crippen LogP contribution in [-0.4, -0.2) is 30.5 Å². The van der Waals surface area contributed by atoms with Gasteiger partial charge in [-0.1, -0.05) is 0 Å². The minimum Gasteiger partial charge on any atom is -0.281 e. The topological polar surface area (TPSA) is 9.23 Å². The van der Waals surface area contributed by atoms with Crippen molar-refractivity contribution in [2.75, 3.05) is 0 Å². The Kier molecular flexibility index (Phi) is 3.99. The highest BCUT2D eigenvalue weighted by molar-refractivity contribution is 4.96. The van der Waals surface area contributed by atoms with Crippen LogP contribution in [0.2, 0.25) is 0 Å². The van der Waals surface area contributed by atoms with E-state index in [1.165, 1.54) is 0 Å². The van der Waals surface area contributed by atoms with Gasteiger partial charge in [-0.05, 0) is 6.92 Å². The fourth-order valence-electron chi connectivity index (χ4n) is 0.639. The van der Waals surface area contributed by atoms with Gasteiger partial charge in [0.2, 0.25) is 6.36 Å². The van der Waals surface area contributed by atoms with E-state index >= 15 is 0 Å². The Hall–Kier alpha value is -0.740. The van der Waals surface area contributed by atoms with E-state index in [2.05, 4.69) is 4.74 Å². The van der Waals surface area contributed by atoms with Crippen LogP contribution in [0, 0.1) is 0 Å². The van der Waals surface area contributed by atoms with Gasteiger partial charge < -0.3 is 0 Å². The van der Waals surface area contributed by atoms with Gasteiger partial charge in [0, 0.05) is 0 Å². The Labute approximate surface area is 87.3 Å². The molecule has 104 valence electrons. The van der Waals surface area contributed by atoms with E-state index < -0.39 is 30.5 Å². The maximum atomic E-state index is 12.3. The van der Waals surface area contributed by atoms with Crippen LogP contribution in [0.25, 0.3) is 0 Å². The molecule has 0 aliphatic heterocycles. The average Bonchev–Trinajstić information content (AvgIpc) is 1.98. The lowest BCUT2D eigenvalue weighted by atomic mass is 10.1. The molecular weight excluding hydrogens is 278 g/mol. The molecule has 1 atom stereocenters. The maximum absolute atomic E-state index is 12.3. The summed E-state index contributed by atoms with van der Waals surface area (Å²) in [5, 5.41) is 0. The lowest BCUT2D eigenvalue weighted by molar-refractivity contribution is -0.454. The Morgan fingerprint density at radius 2 is 1.12 bits per heavy atom. The van der Waals surface area contributed by atoms with Gasteiger partial charge in [-0.25, -0.2) is 4.39 Å². The molecule has 0 saturated carbocycles. The first kappa shape index (κ1) is 16.3. The van der Waals surface area contributed by atoms with Crippen LogP contribution < -0.4 is 0 Å². The lowest BCUT2D eigenvalue weighted by Gasteiger charge is -2.33. The number of rotatable bonds is 4. The summed E-state index contributed by atoms with van der Waals surface area (Å²) >= 11 is 0. The molecule has 0 saturated heterocycles. The molecule has 0 aromatic heterocycles. The molecule has 1 nitrogen and oxygen atoms in total. The van der Waals surface area contributed by atoms with Crippen LogP contribution in [0.5, 0.6) is 0 Å². The summed E-state index contributed by atoms with van der Waals surface area (Å²) in [4.78, 5) is 0. The van der Waals surface area contributed by atoms with E-state index in [-0.39, 0.29) is 6.92 Å². The van der Waals surface area contributed by atoms with E-state index in [4.69, 9.17) is 0 Å². The van der Waals surface area contributed by atoms with Gasteiger partial charge in [-0.15, -0.1) is 0 Å². The molecule has 17 heavy (non-hydrogen) atoms. The summed E-state index contributed by atoms with van der Waals surface area (Å²) in [6, 6.07) is 0. The van der Waals surface area contributed by atoms with E-state index in [0.717, 1.165) is 0 Å². The van der Waals surface area contributed by atoms with Gasteiger partial charge in [0.1, 0.15) is 0 Å². The summed E-state index contributed by atoms with van der Waals surface area (Å²) in [5.74, 6) is -14.0. The predicted molar refractivity (Wildman–Crippen MR) is 32.6 cm³/mol. The molecule has 1 unspecified atom stereocenters. The number of ether oxygens (including phenoxy) is 1. The van der Waals surface area contributed by atoms with Crippen molar-refractivity contribution in [3.8, 4) is 0 Å². The van der Waals surface area contributed by atoms with Crippen molar-refractivity contribution in [2.45, 2.75) is 37.4 Å². The van der Waals surface area contributed by atoms with Crippen LogP contribution in [0.1, 0.15) is 6.92 Å². The second-order valence-electron chi connectivity index (χ2n) is 2.82. The van der Waals surface area contributed by atoms with Crippen LogP contribution >= 0.6 is 0 Å². The largest absolute Gasteiger partial charge is 0.460 e. The Balaban J connectivity index is 5.39. The van der Waals surface area contributed by atoms with E-state index in [1.54, 1.807) is 0 Å². The van der Waals surface area contributed by atoms with E-state index in [9.17, 15) is 43.9 Å². The van der Waals surface area contributed by atoms with Crippen molar-refractivity contribution < 1.29 is 48.6 Å². The highest BCUT2D eigenvalue weighted by Gasteiger charge is 2.83. The van der Waals surface area contributed by atoms with Gasteiger partial charge in [0.25, 0.3) is 0 Å². The standard InChI is InChI=1S/C6H4F10O/c1-2(7)17-6(15,16)4(10,11)3(8,9)5(12,13)14/h2H,1H3. The van der Waals surface area contributed by atoms with Gasteiger partial charge in [0.15, 0.2) is 0 Å². The smallest absolute Gasteiger partial charge is 0.281 e. The molecule has 0 amide bonds. The Morgan fingerprint density at radius 3 is 1.35 bits per heavy atom. The monoisotopic (exact) mass is 282 g/mol. The highest BCUT2D eigenvalue weighted by atomic mass is 19.4. The van der Waals surface area contributed by atoms with Crippen LogP contribution in [0.4, 0.5) is 43.9 Å². The van der Waals surface area contributed by atoms with Crippen molar-refractivity contribution in [2.24, 2.45) is 0 Å². The first-order valence-corrected chi connectivity index (χ1v) is 3.69. The van der Waals surface area contributed by atoms with Gasteiger partial charge in [-0.3, -0.25) is 4.74 Å². The second-order valence-corrected chi connectivity index (χ2v) is 2.82. The zero-order chi connectivity index (χ0) is 14.3. The molecule has 0 bridgehead atoms. The van der Waals surface area contributed by atoms with E-state index in [1.807, 2.05) is 0 Å². The number of hydrogen-bond acceptors (Lipinski definition) is 1. The third kappa shape index (κ3) is 2.75. The zero-order valence-electron chi connectivity index (χ0n) is 7.77. The van der Waals surface area contributed by atoms with Crippen LogP contribution in [0.3, 0.4) is 0 Å². The first-order chi connectivity index (χ1) is 7.17. The minimum atomic E-state index is -7.07. The Bertz CT molecular complexity index is 266. The maximum Gasteiger partial charge on any atom is 0.460 e. The summed E-state index contributed by atoms with van der Waals surface area (Å²) in [6.45, 7) is 0.107. The third-order valence-corrected chi connectivity index (χ3v) is 1.43. The molecule has 0 radical (unpaired) electrons. The first-order valence-electron chi connectivity index (χ1n) is 3.69. The van der Waals surface area contributed by atoms with Crippen molar-refractivity contribution in [1.29, 1.82) is 0 Å². The predicted octanol–water partition coefficient (Wildman–Crippen LogP) is 3.74. The molecule has 0 N–H and O–H groups in total. The van der Waals surface area contributed by atoms with E-state index in [0.29, 0.717) is 0 Å². The fourth-order valence-corrected chi connectivity index (χ4v) is 0.639. The summed E-state index contributed by atoms with van der Waals surface area (Å²) in [6.07, 6.45) is -16.4. The summed E-state index contributed by atoms with van der Waals surface area (Å²) in [7, 11) is 0. The molecule has 0 heterocycles. The van der Waals surface area contributed by atoms with Gasteiger partial charge in [0.05, 0.1) is 0 Å². The van der Waals surface area contributed by atoms with Crippen molar-refractivity contribution in [1.82, 2.24) is 0 Å². The number of halogens is 10. The molecule has 0 fully saturated rings.